The predicted octanol–water partition coefficient (Wildman–Crippen LogP) is 5.22. The second-order valence-electron chi connectivity index (χ2n) is 9.96. The summed E-state index contributed by atoms with van der Waals surface area (Å²) in [6.07, 6.45) is 6.89. The smallest absolute Gasteiger partial charge is 0.243 e. The van der Waals surface area contributed by atoms with Crippen LogP contribution >= 0.6 is 11.6 Å². The van der Waals surface area contributed by atoms with Crippen LogP contribution in [0.3, 0.4) is 0 Å². The van der Waals surface area contributed by atoms with Crippen LogP contribution in [0.15, 0.2) is 48.5 Å². The maximum atomic E-state index is 13.0. The molecule has 2 aromatic carbocycles. The molecule has 4 saturated carbocycles. The minimum absolute atomic E-state index is 0.00773. The average molecular weight is 452 g/mol. The van der Waals surface area contributed by atoms with Gasteiger partial charge in [0.05, 0.1) is 17.3 Å². The minimum Gasteiger partial charge on any atom is -0.380 e. The number of rotatable bonds is 7. The number of nitrogens with one attached hydrogen (secondary N) is 3. The SMILES string of the molecule is O=C(CNC(=O)C12CC3CC(CC(C3)C1)C2)Nc1ccc(NCc2ccccc2)c(Cl)c1. The third kappa shape index (κ3) is 4.49. The van der Waals surface area contributed by atoms with Gasteiger partial charge in [-0.05, 0) is 80.0 Å². The third-order valence-corrected chi connectivity index (χ3v) is 7.82. The normalized spacial score (nSPS) is 27.7. The summed E-state index contributed by atoms with van der Waals surface area (Å²) in [5.41, 5.74) is 2.36. The number of carbonyl (C=O) groups excluding carboxylic acids is 2. The fraction of sp³-hybridized carbons (Fsp3) is 0.462. The molecule has 4 aliphatic carbocycles. The van der Waals surface area contributed by atoms with E-state index < -0.39 is 0 Å². The van der Waals surface area contributed by atoms with Crippen LogP contribution in [0, 0.1) is 23.2 Å². The van der Waals surface area contributed by atoms with Crippen LogP contribution < -0.4 is 16.0 Å². The standard InChI is InChI=1S/C26H30ClN3O2/c27-22-11-21(6-7-23(22)28-15-17-4-2-1-3-5-17)30-24(31)16-29-25(32)26-12-18-8-19(13-26)10-20(9-18)14-26/h1-7,11,18-20,28H,8-10,12-16H2,(H,29,32)(H,30,31). The van der Waals surface area contributed by atoms with Crippen LogP contribution in [0.25, 0.3) is 0 Å². The lowest BCUT2D eigenvalue weighted by atomic mass is 9.49. The van der Waals surface area contributed by atoms with Gasteiger partial charge in [-0.1, -0.05) is 41.9 Å². The van der Waals surface area contributed by atoms with Crippen molar-refractivity contribution in [3.8, 4) is 0 Å². The van der Waals surface area contributed by atoms with Crippen molar-refractivity contribution in [2.45, 2.75) is 45.1 Å². The Bertz CT molecular complexity index is 972. The molecule has 3 N–H and O–H groups in total. The molecular weight excluding hydrogens is 422 g/mol. The predicted molar refractivity (Wildman–Crippen MR) is 127 cm³/mol. The summed E-state index contributed by atoms with van der Waals surface area (Å²) in [5.74, 6) is 1.96. The van der Waals surface area contributed by atoms with Gasteiger partial charge in [0.1, 0.15) is 0 Å². The van der Waals surface area contributed by atoms with E-state index in [-0.39, 0.29) is 23.8 Å². The summed E-state index contributed by atoms with van der Waals surface area (Å²) in [6.45, 7) is 0.662. The molecule has 6 rings (SSSR count). The maximum Gasteiger partial charge on any atom is 0.243 e. The number of amides is 2. The lowest BCUT2D eigenvalue weighted by molar-refractivity contribution is -0.146. The van der Waals surface area contributed by atoms with Crippen molar-refractivity contribution < 1.29 is 9.59 Å². The largest absolute Gasteiger partial charge is 0.380 e. The molecule has 4 fully saturated rings. The maximum absolute atomic E-state index is 13.0. The summed E-state index contributed by atoms with van der Waals surface area (Å²) in [6, 6.07) is 15.5. The Morgan fingerprint density at radius 3 is 2.22 bits per heavy atom. The van der Waals surface area contributed by atoms with Crippen LogP contribution in [0.2, 0.25) is 5.02 Å². The molecule has 6 heteroatoms. The van der Waals surface area contributed by atoms with Crippen LogP contribution in [0.5, 0.6) is 0 Å². The quantitative estimate of drug-likeness (QED) is 0.540. The molecule has 0 saturated heterocycles. The highest BCUT2D eigenvalue weighted by Gasteiger charge is 2.54. The summed E-state index contributed by atoms with van der Waals surface area (Å²) >= 11 is 6.40. The molecule has 0 spiro atoms. The van der Waals surface area contributed by atoms with E-state index in [1.54, 1.807) is 6.07 Å². The van der Waals surface area contributed by atoms with E-state index in [4.69, 9.17) is 11.6 Å². The molecule has 0 radical (unpaired) electrons. The Balaban J connectivity index is 1.13. The molecule has 32 heavy (non-hydrogen) atoms. The fourth-order valence-electron chi connectivity index (χ4n) is 6.47. The first-order valence-corrected chi connectivity index (χ1v) is 12.0. The molecule has 0 unspecified atom stereocenters. The fourth-order valence-corrected chi connectivity index (χ4v) is 6.72. The topological polar surface area (TPSA) is 70.2 Å². The molecular formula is C26H30ClN3O2. The Labute approximate surface area is 194 Å². The van der Waals surface area contributed by atoms with Gasteiger partial charge in [-0.2, -0.15) is 0 Å². The lowest BCUT2D eigenvalue weighted by Crippen LogP contribution is -2.54. The van der Waals surface area contributed by atoms with Crippen LogP contribution in [0.1, 0.15) is 44.1 Å². The summed E-state index contributed by atoms with van der Waals surface area (Å²) < 4.78 is 0. The van der Waals surface area contributed by atoms with Crippen molar-refractivity contribution in [2.24, 2.45) is 23.2 Å². The molecule has 0 atom stereocenters. The summed E-state index contributed by atoms with van der Waals surface area (Å²) in [4.78, 5) is 25.5. The Kier molecular flexibility index (Phi) is 5.85. The van der Waals surface area contributed by atoms with Gasteiger partial charge in [-0.15, -0.1) is 0 Å². The van der Waals surface area contributed by atoms with E-state index in [1.807, 2.05) is 42.5 Å². The number of anilines is 2. The number of carbonyl (C=O) groups is 2. The molecule has 0 heterocycles. The molecule has 2 amide bonds. The van der Waals surface area contributed by atoms with E-state index in [2.05, 4.69) is 16.0 Å². The Morgan fingerprint density at radius 2 is 1.59 bits per heavy atom. The minimum atomic E-state index is -0.232. The molecule has 0 aliphatic heterocycles. The monoisotopic (exact) mass is 451 g/mol. The molecule has 168 valence electrons. The van der Waals surface area contributed by atoms with Gasteiger partial charge in [-0.3, -0.25) is 9.59 Å². The van der Waals surface area contributed by atoms with Gasteiger partial charge in [0, 0.05) is 17.6 Å². The number of benzene rings is 2. The summed E-state index contributed by atoms with van der Waals surface area (Å²) in [7, 11) is 0. The van der Waals surface area contributed by atoms with Gasteiger partial charge in [-0.25, -0.2) is 0 Å². The van der Waals surface area contributed by atoms with E-state index in [1.165, 1.54) is 19.3 Å². The molecule has 2 aromatic rings. The molecule has 0 aromatic heterocycles. The number of hydrogen-bond donors (Lipinski definition) is 3. The van der Waals surface area contributed by atoms with Crippen molar-refractivity contribution >= 4 is 34.8 Å². The lowest BCUT2D eigenvalue weighted by Gasteiger charge is -2.55. The van der Waals surface area contributed by atoms with E-state index >= 15 is 0 Å². The third-order valence-electron chi connectivity index (χ3n) is 7.51. The Morgan fingerprint density at radius 1 is 0.938 bits per heavy atom. The van der Waals surface area contributed by atoms with Crippen molar-refractivity contribution in [3.05, 3.63) is 59.1 Å². The van der Waals surface area contributed by atoms with E-state index in [9.17, 15) is 9.59 Å². The second-order valence-corrected chi connectivity index (χ2v) is 10.4. The summed E-state index contributed by atoms with van der Waals surface area (Å²) in [5, 5.41) is 9.62. The zero-order chi connectivity index (χ0) is 22.1. The number of halogens is 1. The van der Waals surface area contributed by atoms with Crippen LogP contribution in [-0.2, 0) is 16.1 Å². The van der Waals surface area contributed by atoms with Gasteiger partial charge < -0.3 is 16.0 Å². The van der Waals surface area contributed by atoms with Crippen molar-refractivity contribution in [1.82, 2.24) is 5.32 Å². The highest BCUT2D eigenvalue weighted by Crippen LogP contribution is 2.60. The van der Waals surface area contributed by atoms with Gasteiger partial charge in [0.2, 0.25) is 11.8 Å². The van der Waals surface area contributed by atoms with Crippen molar-refractivity contribution in [3.63, 3.8) is 0 Å². The number of hydrogen-bond acceptors (Lipinski definition) is 3. The zero-order valence-corrected chi connectivity index (χ0v) is 19.0. The second kappa shape index (κ2) is 8.78. The first kappa shape index (κ1) is 21.3. The van der Waals surface area contributed by atoms with E-state index in [0.29, 0.717) is 35.0 Å². The van der Waals surface area contributed by atoms with Crippen molar-refractivity contribution in [2.75, 3.05) is 17.2 Å². The van der Waals surface area contributed by atoms with Crippen LogP contribution in [-0.4, -0.2) is 18.4 Å². The van der Waals surface area contributed by atoms with Gasteiger partial charge in [0.15, 0.2) is 0 Å². The highest BCUT2D eigenvalue weighted by molar-refractivity contribution is 6.33. The van der Waals surface area contributed by atoms with Gasteiger partial charge in [0.25, 0.3) is 0 Å². The van der Waals surface area contributed by atoms with Crippen molar-refractivity contribution in [1.29, 1.82) is 0 Å². The van der Waals surface area contributed by atoms with E-state index in [0.717, 1.165) is 30.5 Å². The first-order valence-electron chi connectivity index (χ1n) is 11.6. The Hall–Kier alpha value is -2.53. The van der Waals surface area contributed by atoms with Gasteiger partial charge >= 0.3 is 0 Å². The zero-order valence-electron chi connectivity index (χ0n) is 18.2. The highest BCUT2D eigenvalue weighted by atomic mass is 35.5. The first-order chi connectivity index (χ1) is 15.5. The van der Waals surface area contributed by atoms with Crippen LogP contribution in [0.4, 0.5) is 11.4 Å². The molecule has 4 bridgehead atoms. The average Bonchev–Trinajstić information content (AvgIpc) is 2.77. The molecule has 4 aliphatic rings. The molecule has 5 nitrogen and oxygen atoms in total.